The van der Waals surface area contributed by atoms with Gasteiger partial charge in [-0.3, -0.25) is 9.80 Å². The van der Waals surface area contributed by atoms with Gasteiger partial charge in [0.05, 0.1) is 29.0 Å². The third-order valence-corrected chi connectivity index (χ3v) is 6.14. The zero-order valence-electron chi connectivity index (χ0n) is 15.9. The fraction of sp³-hybridized carbons (Fsp3) is 0.500. The summed E-state index contributed by atoms with van der Waals surface area (Å²) in [6, 6.07) is 9.54. The second-order valence-electron chi connectivity index (χ2n) is 7.19. The number of rotatable bonds is 5. The van der Waals surface area contributed by atoms with Gasteiger partial charge in [0.1, 0.15) is 0 Å². The van der Waals surface area contributed by atoms with Crippen LogP contribution >= 0.6 is 23.2 Å². The molecule has 0 saturated carbocycles. The third kappa shape index (κ3) is 4.93. The Bertz CT molecular complexity index is 775. The first-order chi connectivity index (χ1) is 13.7. The molecule has 0 spiro atoms. The molecule has 2 fully saturated rings. The number of hydrogen-bond acceptors (Lipinski definition) is 6. The summed E-state index contributed by atoms with van der Waals surface area (Å²) in [6.07, 6.45) is 0. The molecule has 1 aromatic heterocycles. The number of morpholine rings is 1. The van der Waals surface area contributed by atoms with Crippen LogP contribution in [0.25, 0.3) is 11.3 Å². The Hall–Kier alpha value is -1.44. The fourth-order valence-electron chi connectivity index (χ4n) is 3.61. The van der Waals surface area contributed by atoms with Gasteiger partial charge in [-0.1, -0.05) is 29.3 Å². The number of ether oxygens (including phenoxy) is 1. The van der Waals surface area contributed by atoms with Gasteiger partial charge in [0.25, 0.3) is 0 Å². The molecule has 2 aliphatic heterocycles. The third-order valence-electron chi connectivity index (χ3n) is 5.40. The van der Waals surface area contributed by atoms with Crippen molar-refractivity contribution in [1.29, 1.82) is 0 Å². The normalized spacial score (nSPS) is 19.1. The maximum Gasteiger partial charge on any atom is 0.151 e. The first-order valence-electron chi connectivity index (χ1n) is 9.75. The number of nitrogens with zero attached hydrogens (tertiary/aromatic N) is 5. The number of halogens is 2. The van der Waals surface area contributed by atoms with Gasteiger partial charge in [0, 0.05) is 57.9 Å². The summed E-state index contributed by atoms with van der Waals surface area (Å²) < 4.78 is 5.41. The quantitative estimate of drug-likeness (QED) is 0.739. The minimum atomic E-state index is 0.526. The van der Waals surface area contributed by atoms with Crippen molar-refractivity contribution in [3.8, 4) is 11.3 Å². The van der Waals surface area contributed by atoms with Crippen molar-refractivity contribution in [2.24, 2.45) is 0 Å². The Kier molecular flexibility index (Phi) is 6.65. The zero-order valence-corrected chi connectivity index (χ0v) is 17.4. The molecule has 3 heterocycles. The van der Waals surface area contributed by atoms with E-state index in [0.29, 0.717) is 10.0 Å². The molecular weight excluding hydrogens is 397 g/mol. The standard InChI is InChI=1S/C20H25Cl2N5O/c21-17-2-1-16(15-18(17)22)19-3-4-20(24-23-19)27-9-7-25(8-10-27)5-6-26-11-13-28-14-12-26/h1-4,15H,5-14H2. The van der Waals surface area contributed by atoms with E-state index in [-0.39, 0.29) is 0 Å². The smallest absolute Gasteiger partial charge is 0.151 e. The lowest BCUT2D eigenvalue weighted by molar-refractivity contribution is 0.0331. The molecule has 8 heteroatoms. The molecule has 0 radical (unpaired) electrons. The Morgan fingerprint density at radius 3 is 2.14 bits per heavy atom. The van der Waals surface area contributed by atoms with Gasteiger partial charge in [0.2, 0.25) is 0 Å². The number of aromatic nitrogens is 2. The number of hydrogen-bond donors (Lipinski definition) is 0. The average Bonchev–Trinajstić information content (AvgIpc) is 2.75. The molecule has 6 nitrogen and oxygen atoms in total. The molecule has 0 bridgehead atoms. The molecule has 0 amide bonds. The minimum Gasteiger partial charge on any atom is -0.379 e. The van der Waals surface area contributed by atoms with Gasteiger partial charge in [-0.05, 0) is 24.3 Å². The molecule has 2 saturated heterocycles. The Labute approximate surface area is 176 Å². The second kappa shape index (κ2) is 9.37. The Morgan fingerprint density at radius 2 is 1.50 bits per heavy atom. The molecule has 2 aromatic rings. The SMILES string of the molecule is Clc1ccc(-c2ccc(N3CCN(CCN4CCOCC4)CC3)nn2)cc1Cl. The maximum atomic E-state index is 6.10. The topological polar surface area (TPSA) is 44.7 Å². The van der Waals surface area contributed by atoms with Crippen molar-refractivity contribution in [3.05, 3.63) is 40.4 Å². The summed E-state index contributed by atoms with van der Waals surface area (Å²) in [5, 5.41) is 9.89. The van der Waals surface area contributed by atoms with E-state index in [0.717, 1.165) is 82.6 Å². The van der Waals surface area contributed by atoms with Crippen LogP contribution in [-0.4, -0.2) is 85.6 Å². The van der Waals surface area contributed by atoms with E-state index in [1.165, 1.54) is 0 Å². The van der Waals surface area contributed by atoms with Crippen molar-refractivity contribution in [3.63, 3.8) is 0 Å². The van der Waals surface area contributed by atoms with Crippen molar-refractivity contribution in [1.82, 2.24) is 20.0 Å². The number of anilines is 1. The first kappa shape index (κ1) is 19.9. The van der Waals surface area contributed by atoms with Crippen LogP contribution in [0, 0.1) is 0 Å². The zero-order chi connectivity index (χ0) is 19.3. The van der Waals surface area contributed by atoms with Crippen LogP contribution < -0.4 is 4.90 Å². The van der Waals surface area contributed by atoms with Gasteiger partial charge < -0.3 is 9.64 Å². The van der Waals surface area contributed by atoms with Gasteiger partial charge in [-0.2, -0.15) is 0 Å². The molecule has 0 atom stereocenters. The minimum absolute atomic E-state index is 0.526. The molecule has 4 rings (SSSR count). The van der Waals surface area contributed by atoms with Gasteiger partial charge in [-0.15, -0.1) is 10.2 Å². The van der Waals surface area contributed by atoms with E-state index in [9.17, 15) is 0 Å². The predicted octanol–water partition coefficient (Wildman–Crippen LogP) is 2.90. The summed E-state index contributed by atoms with van der Waals surface area (Å²) in [7, 11) is 0. The largest absolute Gasteiger partial charge is 0.379 e. The average molecular weight is 422 g/mol. The van der Waals surface area contributed by atoms with Crippen LogP contribution in [0.4, 0.5) is 5.82 Å². The molecule has 1 aromatic carbocycles. The van der Waals surface area contributed by atoms with Gasteiger partial charge in [0.15, 0.2) is 5.82 Å². The first-order valence-corrected chi connectivity index (χ1v) is 10.5. The van der Waals surface area contributed by atoms with Crippen molar-refractivity contribution in [2.75, 3.05) is 70.5 Å². The van der Waals surface area contributed by atoms with E-state index < -0.39 is 0 Å². The van der Waals surface area contributed by atoms with Gasteiger partial charge >= 0.3 is 0 Å². The predicted molar refractivity (Wildman–Crippen MR) is 113 cm³/mol. The van der Waals surface area contributed by atoms with Crippen LogP contribution in [-0.2, 0) is 4.74 Å². The van der Waals surface area contributed by atoms with Crippen LogP contribution in [0.1, 0.15) is 0 Å². The maximum absolute atomic E-state index is 6.10. The van der Waals surface area contributed by atoms with Crippen LogP contribution in [0.2, 0.25) is 10.0 Å². The number of benzene rings is 1. The monoisotopic (exact) mass is 421 g/mol. The number of piperazine rings is 1. The van der Waals surface area contributed by atoms with E-state index in [1.807, 2.05) is 24.3 Å². The van der Waals surface area contributed by atoms with Crippen molar-refractivity contribution in [2.45, 2.75) is 0 Å². The Balaban J connectivity index is 1.29. The summed E-state index contributed by atoms with van der Waals surface area (Å²) in [4.78, 5) is 7.32. The van der Waals surface area contributed by atoms with Gasteiger partial charge in [-0.25, -0.2) is 0 Å². The highest BCUT2D eigenvalue weighted by atomic mass is 35.5. The molecule has 0 aliphatic carbocycles. The summed E-state index contributed by atoms with van der Waals surface area (Å²) >= 11 is 12.1. The van der Waals surface area contributed by atoms with Crippen molar-refractivity contribution < 1.29 is 4.74 Å². The molecule has 28 heavy (non-hydrogen) atoms. The Morgan fingerprint density at radius 1 is 0.786 bits per heavy atom. The summed E-state index contributed by atoms with van der Waals surface area (Å²) in [5.74, 6) is 0.927. The molecule has 2 aliphatic rings. The lowest BCUT2D eigenvalue weighted by Crippen LogP contribution is -2.49. The van der Waals surface area contributed by atoms with E-state index >= 15 is 0 Å². The highest BCUT2D eigenvalue weighted by Gasteiger charge is 2.19. The lowest BCUT2D eigenvalue weighted by Gasteiger charge is -2.36. The van der Waals surface area contributed by atoms with Crippen LogP contribution in [0.5, 0.6) is 0 Å². The van der Waals surface area contributed by atoms with E-state index in [1.54, 1.807) is 6.07 Å². The van der Waals surface area contributed by atoms with Crippen LogP contribution in [0.3, 0.4) is 0 Å². The highest BCUT2D eigenvalue weighted by Crippen LogP contribution is 2.27. The van der Waals surface area contributed by atoms with E-state index in [4.69, 9.17) is 27.9 Å². The van der Waals surface area contributed by atoms with Crippen molar-refractivity contribution >= 4 is 29.0 Å². The molecular formula is C20H25Cl2N5O. The molecule has 0 N–H and O–H groups in total. The fourth-order valence-corrected chi connectivity index (χ4v) is 3.91. The van der Waals surface area contributed by atoms with Crippen LogP contribution in [0.15, 0.2) is 30.3 Å². The highest BCUT2D eigenvalue weighted by molar-refractivity contribution is 6.42. The summed E-state index contributed by atoms with van der Waals surface area (Å²) in [5.41, 5.74) is 1.72. The summed E-state index contributed by atoms with van der Waals surface area (Å²) in [6.45, 7) is 10.2. The molecule has 0 unspecified atom stereocenters. The molecule has 150 valence electrons. The lowest BCUT2D eigenvalue weighted by atomic mass is 10.1. The van der Waals surface area contributed by atoms with E-state index in [2.05, 4.69) is 24.9 Å². The second-order valence-corrected chi connectivity index (χ2v) is 8.00.